The molecular formula is C20H26N6O. The highest BCUT2D eigenvalue weighted by Gasteiger charge is 2.28. The van der Waals surface area contributed by atoms with Crippen molar-refractivity contribution in [3.8, 4) is 5.69 Å². The fourth-order valence-electron chi connectivity index (χ4n) is 3.48. The Kier molecular flexibility index (Phi) is 5.23. The number of carbonyl (C=O) groups excluding carboxylic acids is 1. The van der Waals surface area contributed by atoms with E-state index in [4.69, 9.17) is 5.73 Å². The van der Waals surface area contributed by atoms with Gasteiger partial charge in [-0.1, -0.05) is 31.2 Å². The smallest absolute Gasteiger partial charge is 0.274 e. The summed E-state index contributed by atoms with van der Waals surface area (Å²) >= 11 is 0. The first-order valence-corrected chi connectivity index (χ1v) is 9.12. The van der Waals surface area contributed by atoms with E-state index < -0.39 is 5.54 Å². The summed E-state index contributed by atoms with van der Waals surface area (Å²) in [5.41, 5.74) is 7.29. The van der Waals surface area contributed by atoms with Gasteiger partial charge in [0.2, 0.25) is 0 Å². The molecule has 1 unspecified atom stereocenters. The van der Waals surface area contributed by atoms with Crippen LogP contribution in [0.3, 0.4) is 0 Å². The van der Waals surface area contributed by atoms with E-state index >= 15 is 0 Å². The van der Waals surface area contributed by atoms with E-state index in [1.807, 2.05) is 38.1 Å². The van der Waals surface area contributed by atoms with Crippen molar-refractivity contribution in [1.82, 2.24) is 25.3 Å². The van der Waals surface area contributed by atoms with Gasteiger partial charge in [-0.25, -0.2) is 4.68 Å². The van der Waals surface area contributed by atoms with Gasteiger partial charge in [0.25, 0.3) is 5.91 Å². The van der Waals surface area contributed by atoms with E-state index in [0.29, 0.717) is 23.9 Å². The molecule has 0 radical (unpaired) electrons. The van der Waals surface area contributed by atoms with E-state index in [9.17, 15) is 4.79 Å². The maximum Gasteiger partial charge on any atom is 0.274 e. The van der Waals surface area contributed by atoms with Crippen molar-refractivity contribution >= 4 is 16.7 Å². The lowest BCUT2D eigenvalue weighted by molar-refractivity contribution is 0.0892. The predicted molar refractivity (Wildman–Crippen MR) is 106 cm³/mol. The van der Waals surface area contributed by atoms with E-state index in [0.717, 1.165) is 22.9 Å². The molecule has 7 nitrogen and oxygen atoms in total. The van der Waals surface area contributed by atoms with Crippen molar-refractivity contribution in [3.05, 3.63) is 48.0 Å². The highest BCUT2D eigenvalue weighted by Crippen LogP contribution is 2.23. The van der Waals surface area contributed by atoms with E-state index in [1.165, 1.54) is 0 Å². The molecule has 2 aromatic heterocycles. The van der Waals surface area contributed by atoms with Crippen LogP contribution in [0.15, 0.2) is 36.7 Å². The van der Waals surface area contributed by atoms with Crippen LogP contribution >= 0.6 is 0 Å². The SMILES string of the molecule is Cc1c(C(=O)NC(C)(CN)CC(C)C)nnn1-c1cccc2cnccc12. The number of fused-ring (bicyclic) bond motifs is 1. The molecule has 2 heterocycles. The average Bonchev–Trinajstić information content (AvgIpc) is 3.02. The first-order valence-electron chi connectivity index (χ1n) is 9.12. The number of hydrogen-bond donors (Lipinski definition) is 2. The van der Waals surface area contributed by atoms with Crippen LogP contribution < -0.4 is 11.1 Å². The van der Waals surface area contributed by atoms with Gasteiger partial charge >= 0.3 is 0 Å². The zero-order valence-corrected chi connectivity index (χ0v) is 16.2. The van der Waals surface area contributed by atoms with Gasteiger partial charge in [0.05, 0.1) is 16.9 Å². The largest absolute Gasteiger partial charge is 0.344 e. The molecule has 0 fully saturated rings. The zero-order chi connectivity index (χ0) is 19.6. The van der Waals surface area contributed by atoms with Crippen molar-refractivity contribution in [2.75, 3.05) is 6.54 Å². The molecular weight excluding hydrogens is 340 g/mol. The Morgan fingerprint density at radius 3 is 2.81 bits per heavy atom. The number of nitrogens with two attached hydrogens (primary N) is 1. The molecule has 7 heteroatoms. The van der Waals surface area contributed by atoms with Gasteiger partial charge < -0.3 is 11.1 Å². The second-order valence-electron chi connectivity index (χ2n) is 7.63. The van der Waals surface area contributed by atoms with Gasteiger partial charge in [-0.2, -0.15) is 0 Å². The Morgan fingerprint density at radius 2 is 2.11 bits per heavy atom. The maximum absolute atomic E-state index is 12.8. The monoisotopic (exact) mass is 366 g/mol. The Bertz CT molecular complexity index is 959. The van der Waals surface area contributed by atoms with Crippen LogP contribution in [0, 0.1) is 12.8 Å². The topological polar surface area (TPSA) is 98.7 Å². The second kappa shape index (κ2) is 7.44. The van der Waals surface area contributed by atoms with Crippen LogP contribution in [0.1, 0.15) is 43.4 Å². The molecule has 142 valence electrons. The fraction of sp³-hybridized carbons (Fsp3) is 0.400. The molecule has 0 aliphatic carbocycles. The molecule has 3 aromatic rings. The molecule has 1 aromatic carbocycles. The maximum atomic E-state index is 12.8. The Hall–Kier alpha value is -2.80. The van der Waals surface area contributed by atoms with E-state index in [-0.39, 0.29) is 5.91 Å². The Morgan fingerprint density at radius 1 is 1.33 bits per heavy atom. The predicted octanol–water partition coefficient (Wildman–Crippen LogP) is 2.62. The highest BCUT2D eigenvalue weighted by molar-refractivity contribution is 5.94. The minimum Gasteiger partial charge on any atom is -0.344 e. The van der Waals surface area contributed by atoms with Crippen LogP contribution in [0.2, 0.25) is 0 Å². The number of rotatable bonds is 6. The van der Waals surface area contributed by atoms with Crippen LogP contribution in [0.4, 0.5) is 0 Å². The summed E-state index contributed by atoms with van der Waals surface area (Å²) < 4.78 is 1.69. The average molecular weight is 366 g/mol. The van der Waals surface area contributed by atoms with Crippen LogP contribution in [-0.4, -0.2) is 38.0 Å². The van der Waals surface area contributed by atoms with Crippen molar-refractivity contribution in [2.24, 2.45) is 11.7 Å². The highest BCUT2D eigenvalue weighted by atomic mass is 16.2. The molecule has 0 bridgehead atoms. The normalized spacial score (nSPS) is 13.7. The van der Waals surface area contributed by atoms with Crippen LogP contribution in [0.5, 0.6) is 0 Å². The molecule has 0 saturated heterocycles. The third-order valence-electron chi connectivity index (χ3n) is 4.72. The Labute approximate surface area is 159 Å². The molecule has 3 N–H and O–H groups in total. The lowest BCUT2D eigenvalue weighted by Gasteiger charge is -2.30. The van der Waals surface area contributed by atoms with Crippen molar-refractivity contribution in [2.45, 2.75) is 39.7 Å². The molecule has 0 saturated carbocycles. The zero-order valence-electron chi connectivity index (χ0n) is 16.2. The van der Waals surface area contributed by atoms with Crippen molar-refractivity contribution in [3.63, 3.8) is 0 Å². The quantitative estimate of drug-likeness (QED) is 0.699. The van der Waals surface area contributed by atoms with Gasteiger partial charge in [-0.3, -0.25) is 9.78 Å². The molecule has 0 spiro atoms. The number of nitrogens with one attached hydrogen (secondary N) is 1. The molecule has 1 atom stereocenters. The number of aromatic nitrogens is 4. The third-order valence-corrected chi connectivity index (χ3v) is 4.72. The van der Waals surface area contributed by atoms with Gasteiger partial charge in [0.15, 0.2) is 5.69 Å². The molecule has 27 heavy (non-hydrogen) atoms. The summed E-state index contributed by atoms with van der Waals surface area (Å²) in [6, 6.07) is 7.81. The summed E-state index contributed by atoms with van der Waals surface area (Å²) in [4.78, 5) is 17.0. The summed E-state index contributed by atoms with van der Waals surface area (Å²) in [5.74, 6) is 0.161. The molecule has 0 aliphatic heterocycles. The van der Waals surface area contributed by atoms with Gasteiger partial charge in [0, 0.05) is 29.7 Å². The minimum atomic E-state index is -0.480. The Balaban J connectivity index is 1.94. The number of nitrogens with zero attached hydrogens (tertiary/aromatic N) is 4. The summed E-state index contributed by atoms with van der Waals surface area (Å²) in [6.45, 7) is 8.38. The van der Waals surface area contributed by atoms with Crippen LogP contribution in [0.25, 0.3) is 16.5 Å². The summed E-state index contributed by atoms with van der Waals surface area (Å²) in [6.07, 6.45) is 4.33. The standard InChI is InChI=1S/C20H26N6O/c1-13(2)10-20(4,12-21)23-19(27)18-14(3)26(25-24-18)17-7-5-6-15-11-22-9-8-16(15)17/h5-9,11,13H,10,12,21H2,1-4H3,(H,23,27). The van der Waals surface area contributed by atoms with Crippen molar-refractivity contribution < 1.29 is 4.79 Å². The fourth-order valence-corrected chi connectivity index (χ4v) is 3.48. The number of hydrogen-bond acceptors (Lipinski definition) is 5. The van der Waals surface area contributed by atoms with E-state index in [2.05, 4.69) is 34.5 Å². The third kappa shape index (κ3) is 3.83. The molecule has 3 rings (SSSR count). The van der Waals surface area contributed by atoms with Gasteiger partial charge in [-0.05, 0) is 38.3 Å². The van der Waals surface area contributed by atoms with Gasteiger partial charge in [0.1, 0.15) is 0 Å². The number of carbonyl (C=O) groups is 1. The first-order chi connectivity index (χ1) is 12.8. The molecule has 0 aliphatic rings. The summed E-state index contributed by atoms with van der Waals surface area (Å²) in [7, 11) is 0. The minimum absolute atomic E-state index is 0.255. The van der Waals surface area contributed by atoms with E-state index in [1.54, 1.807) is 17.1 Å². The lowest BCUT2D eigenvalue weighted by atomic mass is 9.90. The van der Waals surface area contributed by atoms with Crippen LogP contribution in [-0.2, 0) is 0 Å². The second-order valence-corrected chi connectivity index (χ2v) is 7.63. The summed E-state index contributed by atoms with van der Waals surface area (Å²) in [5, 5.41) is 13.4. The molecule has 1 amide bonds. The van der Waals surface area contributed by atoms with Gasteiger partial charge in [-0.15, -0.1) is 5.10 Å². The number of pyridine rings is 1. The number of amides is 1. The lowest BCUT2D eigenvalue weighted by Crippen LogP contribution is -2.52. The van der Waals surface area contributed by atoms with Crippen molar-refractivity contribution in [1.29, 1.82) is 0 Å². The first kappa shape index (κ1) is 19.0. The number of benzene rings is 1.